The molecule has 29 heavy (non-hydrogen) atoms. The SMILES string of the molecule is COc1ccc(C(=O)COC(=O)c2ccc(-c3ccc(C(C)=O)cc3)o2)cc1Cl. The van der Waals surface area contributed by atoms with Crippen molar-refractivity contribution < 1.29 is 28.3 Å². The van der Waals surface area contributed by atoms with Crippen LogP contribution in [0.1, 0.15) is 38.2 Å². The van der Waals surface area contributed by atoms with Gasteiger partial charge in [0.15, 0.2) is 18.2 Å². The molecule has 0 radical (unpaired) electrons. The van der Waals surface area contributed by atoms with Gasteiger partial charge in [-0.05, 0) is 37.3 Å². The zero-order valence-electron chi connectivity index (χ0n) is 15.7. The van der Waals surface area contributed by atoms with E-state index in [1.165, 1.54) is 32.2 Å². The molecule has 7 heteroatoms. The van der Waals surface area contributed by atoms with Gasteiger partial charge in [0.05, 0.1) is 12.1 Å². The molecule has 0 aliphatic carbocycles. The van der Waals surface area contributed by atoms with E-state index < -0.39 is 18.4 Å². The van der Waals surface area contributed by atoms with E-state index in [1.807, 2.05) is 0 Å². The molecule has 1 aromatic heterocycles. The van der Waals surface area contributed by atoms with Crippen LogP contribution in [0, 0.1) is 0 Å². The molecule has 0 atom stereocenters. The van der Waals surface area contributed by atoms with Crippen LogP contribution in [0.2, 0.25) is 5.02 Å². The molecule has 0 amide bonds. The number of rotatable bonds is 7. The van der Waals surface area contributed by atoms with Crippen molar-refractivity contribution >= 4 is 29.1 Å². The molecular formula is C22H17ClO6. The standard InChI is InChI=1S/C22H17ClO6/c1-13(24)14-3-5-15(6-4-14)19-9-10-21(29-19)22(26)28-12-18(25)16-7-8-20(27-2)17(23)11-16/h3-11H,12H2,1-2H3. The molecule has 0 saturated heterocycles. The average molecular weight is 413 g/mol. The Labute approximate surface area is 172 Å². The van der Waals surface area contributed by atoms with Gasteiger partial charge in [-0.25, -0.2) is 4.79 Å². The number of benzene rings is 2. The normalized spacial score (nSPS) is 10.4. The Morgan fingerprint density at radius 1 is 0.966 bits per heavy atom. The zero-order valence-corrected chi connectivity index (χ0v) is 16.5. The van der Waals surface area contributed by atoms with Crippen molar-refractivity contribution in [1.82, 2.24) is 0 Å². The fourth-order valence-electron chi connectivity index (χ4n) is 2.60. The second kappa shape index (κ2) is 8.75. The predicted molar refractivity (Wildman–Crippen MR) is 107 cm³/mol. The van der Waals surface area contributed by atoms with Gasteiger partial charge in [-0.2, -0.15) is 0 Å². The minimum atomic E-state index is -0.760. The second-order valence-electron chi connectivity index (χ2n) is 6.15. The highest BCUT2D eigenvalue weighted by Gasteiger charge is 2.17. The van der Waals surface area contributed by atoms with E-state index in [0.29, 0.717) is 28.2 Å². The van der Waals surface area contributed by atoms with Crippen molar-refractivity contribution in [1.29, 1.82) is 0 Å². The fourth-order valence-corrected chi connectivity index (χ4v) is 2.86. The minimum absolute atomic E-state index is 0.0313. The maximum absolute atomic E-state index is 12.2. The van der Waals surface area contributed by atoms with Gasteiger partial charge in [-0.3, -0.25) is 9.59 Å². The number of carbonyl (C=O) groups excluding carboxylic acids is 3. The number of halogens is 1. The van der Waals surface area contributed by atoms with Gasteiger partial charge in [0, 0.05) is 16.7 Å². The molecule has 0 unspecified atom stereocenters. The number of ketones is 2. The van der Waals surface area contributed by atoms with Crippen molar-refractivity contribution in [3.05, 3.63) is 76.5 Å². The topological polar surface area (TPSA) is 82.8 Å². The first kappa shape index (κ1) is 20.4. The number of methoxy groups -OCH3 is 1. The minimum Gasteiger partial charge on any atom is -0.495 e. The molecule has 0 aliphatic heterocycles. The van der Waals surface area contributed by atoms with Crippen LogP contribution in [0.3, 0.4) is 0 Å². The van der Waals surface area contributed by atoms with Crippen molar-refractivity contribution in [2.24, 2.45) is 0 Å². The third-order valence-corrected chi connectivity index (χ3v) is 4.49. The summed E-state index contributed by atoms with van der Waals surface area (Å²) in [7, 11) is 1.47. The lowest BCUT2D eigenvalue weighted by atomic mass is 10.1. The Morgan fingerprint density at radius 3 is 2.28 bits per heavy atom. The Bertz CT molecular complexity index is 1070. The van der Waals surface area contributed by atoms with Crippen LogP contribution in [0.15, 0.2) is 59.0 Å². The molecule has 0 aliphatic rings. The van der Waals surface area contributed by atoms with Crippen molar-refractivity contribution in [3.8, 4) is 17.1 Å². The molecule has 0 saturated carbocycles. The first-order chi connectivity index (χ1) is 13.9. The van der Waals surface area contributed by atoms with Crippen LogP contribution in [0.4, 0.5) is 0 Å². The number of carbonyl (C=O) groups is 3. The Balaban J connectivity index is 1.63. The third kappa shape index (κ3) is 4.73. The second-order valence-corrected chi connectivity index (χ2v) is 6.55. The van der Waals surface area contributed by atoms with Gasteiger partial charge in [0.1, 0.15) is 11.5 Å². The predicted octanol–water partition coefficient (Wildman–Crippen LogP) is 4.85. The van der Waals surface area contributed by atoms with Crippen LogP contribution >= 0.6 is 11.6 Å². The summed E-state index contributed by atoms with van der Waals surface area (Å²) in [5, 5.41) is 0.288. The van der Waals surface area contributed by atoms with Gasteiger partial charge in [0.2, 0.25) is 5.76 Å². The maximum atomic E-state index is 12.2. The molecule has 0 fully saturated rings. The van der Waals surface area contributed by atoms with Crippen molar-refractivity contribution in [3.63, 3.8) is 0 Å². The van der Waals surface area contributed by atoms with E-state index in [1.54, 1.807) is 36.4 Å². The lowest BCUT2D eigenvalue weighted by molar-refractivity contribution is 0.0445. The van der Waals surface area contributed by atoms with Gasteiger partial charge >= 0.3 is 5.97 Å². The van der Waals surface area contributed by atoms with Crippen LogP contribution in [-0.4, -0.2) is 31.3 Å². The van der Waals surface area contributed by atoms with E-state index >= 15 is 0 Å². The van der Waals surface area contributed by atoms with Gasteiger partial charge in [-0.1, -0.05) is 35.9 Å². The van der Waals surface area contributed by atoms with Gasteiger partial charge in [-0.15, -0.1) is 0 Å². The summed E-state index contributed by atoms with van der Waals surface area (Å²) >= 11 is 6.00. The third-order valence-electron chi connectivity index (χ3n) is 4.19. The monoisotopic (exact) mass is 412 g/mol. The maximum Gasteiger partial charge on any atom is 0.374 e. The number of ether oxygens (including phenoxy) is 2. The number of esters is 1. The summed E-state index contributed by atoms with van der Waals surface area (Å²) in [4.78, 5) is 35.7. The van der Waals surface area contributed by atoms with Gasteiger partial charge < -0.3 is 13.9 Å². The number of furan rings is 1. The lowest BCUT2D eigenvalue weighted by Crippen LogP contribution is -2.14. The fraction of sp³-hybridized carbons (Fsp3) is 0.136. The molecular weight excluding hydrogens is 396 g/mol. The highest BCUT2D eigenvalue weighted by Crippen LogP contribution is 2.26. The van der Waals surface area contributed by atoms with E-state index in [9.17, 15) is 14.4 Å². The molecule has 148 valence electrons. The zero-order chi connectivity index (χ0) is 21.0. The molecule has 3 aromatic rings. The quantitative estimate of drug-likeness (QED) is 0.407. The molecule has 2 aromatic carbocycles. The average Bonchev–Trinajstić information content (AvgIpc) is 3.22. The first-order valence-electron chi connectivity index (χ1n) is 8.64. The highest BCUT2D eigenvalue weighted by atomic mass is 35.5. The van der Waals surface area contributed by atoms with Crippen molar-refractivity contribution in [2.75, 3.05) is 13.7 Å². The molecule has 0 spiro atoms. The summed E-state index contributed by atoms with van der Waals surface area (Å²) in [6, 6.07) is 14.4. The summed E-state index contributed by atoms with van der Waals surface area (Å²) in [6.07, 6.45) is 0. The largest absolute Gasteiger partial charge is 0.495 e. The summed E-state index contributed by atoms with van der Waals surface area (Å²) in [5.74, 6) is -0.349. The molecule has 1 heterocycles. The Morgan fingerprint density at radius 2 is 1.66 bits per heavy atom. The van der Waals surface area contributed by atoms with Crippen LogP contribution in [0.5, 0.6) is 5.75 Å². The van der Waals surface area contributed by atoms with E-state index in [4.69, 9.17) is 25.5 Å². The van der Waals surface area contributed by atoms with E-state index in [0.717, 1.165) is 0 Å². The summed E-state index contributed by atoms with van der Waals surface area (Å²) in [6.45, 7) is 1.03. The number of hydrogen-bond donors (Lipinski definition) is 0. The summed E-state index contributed by atoms with van der Waals surface area (Å²) < 4.78 is 15.6. The Hall–Kier alpha value is -3.38. The molecule has 6 nitrogen and oxygen atoms in total. The van der Waals surface area contributed by atoms with Crippen LogP contribution in [0.25, 0.3) is 11.3 Å². The van der Waals surface area contributed by atoms with Crippen molar-refractivity contribution in [2.45, 2.75) is 6.92 Å². The molecule has 0 bridgehead atoms. The number of Topliss-reactive ketones (excluding diaryl/α,β-unsaturated/α-hetero) is 2. The first-order valence-corrected chi connectivity index (χ1v) is 9.02. The van der Waals surface area contributed by atoms with Gasteiger partial charge in [0.25, 0.3) is 0 Å². The Kier molecular flexibility index (Phi) is 6.14. The smallest absolute Gasteiger partial charge is 0.374 e. The van der Waals surface area contributed by atoms with Crippen LogP contribution in [-0.2, 0) is 4.74 Å². The highest BCUT2D eigenvalue weighted by molar-refractivity contribution is 6.32. The van der Waals surface area contributed by atoms with E-state index in [2.05, 4.69) is 0 Å². The van der Waals surface area contributed by atoms with E-state index in [-0.39, 0.29) is 16.6 Å². The summed E-state index contributed by atoms with van der Waals surface area (Å²) in [5.41, 5.74) is 1.59. The lowest BCUT2D eigenvalue weighted by Gasteiger charge is -2.06. The van der Waals surface area contributed by atoms with Crippen LogP contribution < -0.4 is 4.74 Å². The molecule has 3 rings (SSSR count). The number of hydrogen-bond acceptors (Lipinski definition) is 6. The molecule has 0 N–H and O–H groups in total.